The van der Waals surface area contributed by atoms with Crippen LogP contribution in [0.3, 0.4) is 0 Å². The van der Waals surface area contributed by atoms with Crippen molar-refractivity contribution in [3.63, 3.8) is 0 Å². The van der Waals surface area contributed by atoms with Crippen molar-refractivity contribution in [2.24, 2.45) is 0 Å². The van der Waals surface area contributed by atoms with Crippen LogP contribution < -0.4 is 0 Å². The summed E-state index contributed by atoms with van der Waals surface area (Å²) in [7, 11) is 0. The van der Waals surface area contributed by atoms with Crippen molar-refractivity contribution in [1.29, 1.82) is 0 Å². The summed E-state index contributed by atoms with van der Waals surface area (Å²) in [4.78, 5) is 13.5. The standard InChI is InChI=1S/C14H19NO3/c16-12-7-5-11(6-8-12)13(14(17)18)15-9-3-1-2-4-10-15/h5-8,13,16H,1-4,9-10H2,(H,17,18)/t13-/m0/s1. The van der Waals surface area contributed by atoms with Crippen LogP contribution in [0.5, 0.6) is 5.75 Å². The van der Waals surface area contributed by atoms with Gasteiger partial charge in [-0.3, -0.25) is 9.69 Å². The first-order chi connectivity index (χ1) is 8.68. The number of carboxylic acid groups (broad SMARTS) is 1. The highest BCUT2D eigenvalue weighted by atomic mass is 16.4. The van der Waals surface area contributed by atoms with Crippen LogP contribution >= 0.6 is 0 Å². The van der Waals surface area contributed by atoms with Crippen molar-refractivity contribution < 1.29 is 15.0 Å². The molecule has 4 heteroatoms. The Kier molecular flexibility index (Phi) is 4.20. The molecule has 0 amide bonds. The molecule has 0 saturated carbocycles. The fourth-order valence-corrected chi connectivity index (χ4v) is 2.52. The molecular formula is C14H19NO3. The highest BCUT2D eigenvalue weighted by molar-refractivity contribution is 5.75. The molecule has 2 N–H and O–H groups in total. The Morgan fingerprint density at radius 3 is 2.11 bits per heavy atom. The molecule has 0 unspecified atom stereocenters. The number of carbonyl (C=O) groups is 1. The second-order valence-corrected chi connectivity index (χ2v) is 4.78. The Labute approximate surface area is 107 Å². The number of phenolic OH excluding ortho intramolecular Hbond substituents is 1. The third kappa shape index (κ3) is 3.01. The fraction of sp³-hybridized carbons (Fsp3) is 0.500. The van der Waals surface area contributed by atoms with Crippen molar-refractivity contribution in [3.05, 3.63) is 29.8 Å². The third-order valence-electron chi connectivity index (χ3n) is 3.45. The van der Waals surface area contributed by atoms with Gasteiger partial charge in [-0.1, -0.05) is 25.0 Å². The molecule has 0 bridgehead atoms. The van der Waals surface area contributed by atoms with Crippen LogP contribution in [0.4, 0.5) is 0 Å². The number of carboxylic acids is 1. The van der Waals surface area contributed by atoms with Crippen LogP contribution in [0, 0.1) is 0 Å². The lowest BCUT2D eigenvalue weighted by atomic mass is 10.0. The van der Waals surface area contributed by atoms with Crippen LogP contribution in [0.2, 0.25) is 0 Å². The molecule has 2 rings (SSSR count). The molecule has 1 heterocycles. The van der Waals surface area contributed by atoms with Crippen LogP contribution in [0.25, 0.3) is 0 Å². The van der Waals surface area contributed by atoms with Crippen molar-refractivity contribution in [1.82, 2.24) is 4.90 Å². The monoisotopic (exact) mass is 249 g/mol. The zero-order valence-electron chi connectivity index (χ0n) is 10.4. The summed E-state index contributed by atoms with van der Waals surface area (Å²) < 4.78 is 0. The second-order valence-electron chi connectivity index (χ2n) is 4.78. The zero-order chi connectivity index (χ0) is 13.0. The van der Waals surface area contributed by atoms with Gasteiger partial charge in [0.05, 0.1) is 0 Å². The van der Waals surface area contributed by atoms with E-state index >= 15 is 0 Å². The Balaban J connectivity index is 2.21. The Bertz CT molecular complexity index is 394. The van der Waals surface area contributed by atoms with Gasteiger partial charge in [0.25, 0.3) is 0 Å². The molecule has 1 aliphatic heterocycles. The van der Waals surface area contributed by atoms with Gasteiger partial charge in [-0.2, -0.15) is 0 Å². The maximum atomic E-state index is 11.5. The van der Waals surface area contributed by atoms with E-state index in [1.165, 1.54) is 12.8 Å². The predicted molar refractivity (Wildman–Crippen MR) is 68.5 cm³/mol. The molecule has 0 spiro atoms. The predicted octanol–water partition coefficient (Wildman–Crippen LogP) is 2.39. The minimum atomic E-state index is -0.817. The SMILES string of the molecule is O=C(O)[C@H](c1ccc(O)cc1)N1CCCCCC1. The first-order valence-corrected chi connectivity index (χ1v) is 6.44. The van der Waals surface area contributed by atoms with Gasteiger partial charge >= 0.3 is 5.97 Å². The summed E-state index contributed by atoms with van der Waals surface area (Å²) in [5, 5.41) is 18.7. The molecule has 1 aromatic carbocycles. The lowest BCUT2D eigenvalue weighted by Gasteiger charge is -2.27. The van der Waals surface area contributed by atoms with Gasteiger partial charge in [-0.15, -0.1) is 0 Å². The van der Waals surface area contributed by atoms with Crippen LogP contribution in [-0.2, 0) is 4.79 Å². The van der Waals surface area contributed by atoms with Gasteiger partial charge in [-0.25, -0.2) is 0 Å². The topological polar surface area (TPSA) is 60.8 Å². The number of nitrogens with zero attached hydrogens (tertiary/aromatic N) is 1. The molecule has 0 aliphatic carbocycles. The van der Waals surface area contributed by atoms with E-state index in [4.69, 9.17) is 0 Å². The number of aliphatic carboxylic acids is 1. The van der Waals surface area contributed by atoms with Crippen molar-refractivity contribution in [3.8, 4) is 5.75 Å². The molecule has 1 atom stereocenters. The molecule has 0 radical (unpaired) electrons. The number of phenols is 1. The highest BCUT2D eigenvalue weighted by Crippen LogP contribution is 2.25. The first-order valence-electron chi connectivity index (χ1n) is 6.44. The Hall–Kier alpha value is -1.55. The van der Waals surface area contributed by atoms with Gasteiger partial charge in [0.1, 0.15) is 11.8 Å². The van der Waals surface area contributed by atoms with E-state index < -0.39 is 12.0 Å². The van der Waals surface area contributed by atoms with Gasteiger partial charge in [0, 0.05) is 0 Å². The Morgan fingerprint density at radius 1 is 1.06 bits per heavy atom. The summed E-state index contributed by atoms with van der Waals surface area (Å²) >= 11 is 0. The average Bonchev–Trinajstić information content (AvgIpc) is 2.60. The van der Waals surface area contributed by atoms with Gasteiger partial charge in [0.15, 0.2) is 0 Å². The van der Waals surface area contributed by atoms with E-state index in [1.807, 2.05) is 4.90 Å². The van der Waals surface area contributed by atoms with E-state index in [-0.39, 0.29) is 5.75 Å². The number of rotatable bonds is 3. The van der Waals surface area contributed by atoms with Crippen molar-refractivity contribution in [2.45, 2.75) is 31.7 Å². The Morgan fingerprint density at radius 2 is 1.61 bits per heavy atom. The second kappa shape index (κ2) is 5.87. The van der Waals surface area contributed by atoms with E-state index in [0.29, 0.717) is 0 Å². The van der Waals surface area contributed by atoms with Crippen molar-refractivity contribution in [2.75, 3.05) is 13.1 Å². The average molecular weight is 249 g/mol. The van der Waals surface area contributed by atoms with E-state index in [2.05, 4.69) is 0 Å². The van der Waals surface area contributed by atoms with E-state index in [1.54, 1.807) is 24.3 Å². The molecule has 0 aromatic heterocycles. The van der Waals surface area contributed by atoms with E-state index in [9.17, 15) is 15.0 Å². The smallest absolute Gasteiger partial charge is 0.325 e. The molecule has 18 heavy (non-hydrogen) atoms. The number of benzene rings is 1. The quantitative estimate of drug-likeness (QED) is 0.863. The minimum Gasteiger partial charge on any atom is -0.508 e. The summed E-state index contributed by atoms with van der Waals surface area (Å²) in [5.74, 6) is -0.652. The summed E-state index contributed by atoms with van der Waals surface area (Å²) in [6.45, 7) is 1.66. The lowest BCUT2D eigenvalue weighted by Crippen LogP contribution is -2.34. The number of aromatic hydroxyl groups is 1. The molecular weight excluding hydrogens is 230 g/mol. The van der Waals surface area contributed by atoms with Crippen LogP contribution in [0.1, 0.15) is 37.3 Å². The molecule has 98 valence electrons. The largest absolute Gasteiger partial charge is 0.508 e. The number of likely N-dealkylation sites (tertiary alicyclic amines) is 1. The van der Waals surface area contributed by atoms with Crippen molar-refractivity contribution >= 4 is 5.97 Å². The van der Waals surface area contributed by atoms with E-state index in [0.717, 1.165) is 31.5 Å². The molecule has 4 nitrogen and oxygen atoms in total. The molecule has 1 saturated heterocycles. The minimum absolute atomic E-state index is 0.166. The maximum absolute atomic E-state index is 11.5. The highest BCUT2D eigenvalue weighted by Gasteiger charge is 2.27. The van der Waals surface area contributed by atoms with Gasteiger partial charge in [-0.05, 0) is 43.6 Å². The summed E-state index contributed by atoms with van der Waals surface area (Å²) in [5.41, 5.74) is 0.738. The van der Waals surface area contributed by atoms with Crippen LogP contribution in [-0.4, -0.2) is 34.2 Å². The fourth-order valence-electron chi connectivity index (χ4n) is 2.52. The summed E-state index contributed by atoms with van der Waals surface area (Å²) in [6, 6.07) is 5.88. The lowest BCUT2D eigenvalue weighted by molar-refractivity contribution is -0.143. The number of hydrogen-bond donors (Lipinski definition) is 2. The molecule has 1 aliphatic rings. The summed E-state index contributed by atoms with van der Waals surface area (Å²) in [6.07, 6.45) is 4.47. The number of hydrogen-bond acceptors (Lipinski definition) is 3. The normalized spacial score (nSPS) is 19.1. The van der Waals surface area contributed by atoms with Gasteiger partial charge in [0.2, 0.25) is 0 Å². The van der Waals surface area contributed by atoms with Crippen LogP contribution in [0.15, 0.2) is 24.3 Å². The third-order valence-corrected chi connectivity index (χ3v) is 3.45. The zero-order valence-corrected chi connectivity index (χ0v) is 10.4. The maximum Gasteiger partial charge on any atom is 0.325 e. The first kappa shape index (κ1) is 12.9. The molecule has 1 aromatic rings. The van der Waals surface area contributed by atoms with Gasteiger partial charge < -0.3 is 10.2 Å². The molecule has 1 fully saturated rings.